The van der Waals surface area contributed by atoms with Crippen molar-refractivity contribution in [3.05, 3.63) is 46.7 Å². The summed E-state index contributed by atoms with van der Waals surface area (Å²) in [5, 5.41) is 4.03. The molecular weight excluding hydrogens is 355 g/mol. The van der Waals surface area contributed by atoms with Gasteiger partial charge < -0.3 is 10.2 Å². The number of hydrogen-bond donors (Lipinski definition) is 1. The molecule has 2 nitrogen and oxygen atoms in total. The van der Waals surface area contributed by atoms with Crippen LogP contribution in [0.25, 0.3) is 11.1 Å². The summed E-state index contributed by atoms with van der Waals surface area (Å²) < 4.78 is 14.5. The molecule has 2 aromatic rings. The van der Waals surface area contributed by atoms with Crippen LogP contribution in [-0.4, -0.2) is 31.4 Å². The molecule has 5 heteroatoms. The highest BCUT2D eigenvalue weighted by molar-refractivity contribution is 7.99. The third-order valence-corrected chi connectivity index (χ3v) is 7.12. The quantitative estimate of drug-likeness (QED) is 0.763. The Kier molecular flexibility index (Phi) is 3.95. The normalized spacial score (nSPS) is 24.6. The molecule has 0 aliphatic carbocycles. The van der Waals surface area contributed by atoms with Gasteiger partial charge in [0.1, 0.15) is 5.82 Å². The molecule has 130 valence electrons. The highest BCUT2D eigenvalue weighted by Gasteiger charge is 2.42. The Balaban J connectivity index is 1.72. The fourth-order valence-corrected chi connectivity index (χ4v) is 5.99. The molecule has 1 saturated heterocycles. The molecule has 1 fully saturated rings. The third-order valence-electron chi connectivity index (χ3n) is 5.69. The van der Waals surface area contributed by atoms with E-state index in [2.05, 4.69) is 22.3 Å². The van der Waals surface area contributed by atoms with Crippen molar-refractivity contribution < 1.29 is 4.39 Å². The van der Waals surface area contributed by atoms with Gasteiger partial charge in [-0.15, -0.1) is 11.8 Å². The second kappa shape index (κ2) is 6.19. The zero-order chi connectivity index (χ0) is 17.0. The second-order valence-electron chi connectivity index (χ2n) is 7.07. The molecule has 3 heterocycles. The Labute approximate surface area is 156 Å². The van der Waals surface area contributed by atoms with Crippen LogP contribution in [0, 0.1) is 5.82 Å². The van der Waals surface area contributed by atoms with E-state index in [1.807, 2.05) is 11.8 Å². The lowest BCUT2D eigenvalue weighted by Gasteiger charge is -2.33. The first-order valence-corrected chi connectivity index (χ1v) is 10.3. The van der Waals surface area contributed by atoms with Crippen molar-refractivity contribution >= 4 is 29.1 Å². The Morgan fingerprint density at radius 3 is 3.08 bits per heavy atom. The van der Waals surface area contributed by atoms with Crippen molar-refractivity contribution in [1.29, 1.82) is 0 Å². The van der Waals surface area contributed by atoms with Crippen molar-refractivity contribution in [2.24, 2.45) is 0 Å². The first-order chi connectivity index (χ1) is 12.2. The summed E-state index contributed by atoms with van der Waals surface area (Å²) in [6.07, 6.45) is 2.38. The van der Waals surface area contributed by atoms with Crippen LogP contribution in [0.3, 0.4) is 0 Å². The molecule has 2 aromatic carbocycles. The zero-order valence-corrected chi connectivity index (χ0v) is 15.5. The maximum absolute atomic E-state index is 14.5. The highest BCUT2D eigenvalue weighted by atomic mass is 35.5. The number of thioether (sulfide) groups is 1. The van der Waals surface area contributed by atoms with Crippen LogP contribution in [-0.2, 0) is 0 Å². The first-order valence-electron chi connectivity index (χ1n) is 8.96. The Bertz CT molecular complexity index is 820. The number of benzene rings is 2. The second-order valence-corrected chi connectivity index (χ2v) is 8.61. The molecule has 0 spiro atoms. The van der Waals surface area contributed by atoms with Gasteiger partial charge in [-0.3, -0.25) is 0 Å². The number of fused-ring (bicyclic) bond motifs is 3. The van der Waals surface area contributed by atoms with E-state index in [1.165, 1.54) is 35.1 Å². The number of halogens is 2. The fourth-order valence-electron chi connectivity index (χ4n) is 4.64. The smallest absolute Gasteiger partial charge is 0.132 e. The number of hydrogen-bond acceptors (Lipinski definition) is 3. The van der Waals surface area contributed by atoms with E-state index in [9.17, 15) is 4.39 Å². The standard InChI is InChI=1S/C20H20ClFN2S/c21-15-3-1-4-16(22)19(15)12-9-13-14-11-23-6-5-17(14)24-7-2-8-25-18(10-12)20(13)24/h1,3-4,9-10,14,17,23H,2,5-8,11H2/t14-,17-/m0/s1. The predicted octanol–water partition coefficient (Wildman–Crippen LogP) is 4.91. The van der Waals surface area contributed by atoms with Gasteiger partial charge in [-0.1, -0.05) is 17.7 Å². The lowest BCUT2D eigenvalue weighted by molar-refractivity contribution is 0.403. The van der Waals surface area contributed by atoms with Crippen LogP contribution >= 0.6 is 23.4 Å². The summed E-state index contributed by atoms with van der Waals surface area (Å²) in [4.78, 5) is 3.92. The van der Waals surface area contributed by atoms with Gasteiger partial charge in [-0.05, 0) is 60.5 Å². The summed E-state index contributed by atoms with van der Waals surface area (Å²) in [7, 11) is 0. The molecule has 0 saturated carbocycles. The van der Waals surface area contributed by atoms with Gasteiger partial charge in [0.05, 0.1) is 10.7 Å². The molecule has 5 rings (SSSR count). The summed E-state index contributed by atoms with van der Waals surface area (Å²) >= 11 is 8.26. The number of rotatable bonds is 1. The zero-order valence-electron chi connectivity index (χ0n) is 13.9. The summed E-state index contributed by atoms with van der Waals surface area (Å²) in [6.45, 7) is 3.22. The number of nitrogens with zero attached hydrogens (tertiary/aromatic N) is 1. The average Bonchev–Trinajstić information content (AvgIpc) is 2.77. The molecule has 0 amide bonds. The maximum Gasteiger partial charge on any atom is 0.132 e. The maximum atomic E-state index is 14.5. The van der Waals surface area contributed by atoms with Crippen molar-refractivity contribution in [2.45, 2.75) is 29.7 Å². The van der Waals surface area contributed by atoms with Crippen LogP contribution in [0.1, 0.15) is 24.3 Å². The summed E-state index contributed by atoms with van der Waals surface area (Å²) in [6, 6.07) is 9.86. The molecule has 0 aromatic heterocycles. The van der Waals surface area contributed by atoms with Crippen molar-refractivity contribution in [1.82, 2.24) is 5.32 Å². The lowest BCUT2D eigenvalue weighted by Crippen LogP contribution is -2.44. The van der Waals surface area contributed by atoms with E-state index < -0.39 is 0 Å². The van der Waals surface area contributed by atoms with Gasteiger partial charge >= 0.3 is 0 Å². The predicted molar refractivity (Wildman–Crippen MR) is 104 cm³/mol. The molecule has 2 atom stereocenters. The van der Waals surface area contributed by atoms with Gasteiger partial charge in [0.2, 0.25) is 0 Å². The average molecular weight is 375 g/mol. The van der Waals surface area contributed by atoms with Gasteiger partial charge in [-0.2, -0.15) is 0 Å². The summed E-state index contributed by atoms with van der Waals surface area (Å²) in [5.74, 6) is 1.37. The van der Waals surface area contributed by atoms with E-state index in [4.69, 9.17) is 11.6 Å². The van der Waals surface area contributed by atoms with E-state index >= 15 is 0 Å². The van der Waals surface area contributed by atoms with E-state index in [1.54, 1.807) is 12.1 Å². The molecule has 1 N–H and O–H groups in total. The minimum atomic E-state index is -0.244. The first kappa shape index (κ1) is 16.0. The topological polar surface area (TPSA) is 15.3 Å². The van der Waals surface area contributed by atoms with E-state index in [-0.39, 0.29) is 5.82 Å². The monoisotopic (exact) mass is 374 g/mol. The van der Waals surface area contributed by atoms with Crippen molar-refractivity contribution in [3.8, 4) is 11.1 Å². The number of piperidine rings is 1. The Hall–Kier alpha value is -1.23. The molecule has 0 radical (unpaired) electrons. The van der Waals surface area contributed by atoms with Crippen LogP contribution in [0.15, 0.2) is 35.2 Å². The van der Waals surface area contributed by atoms with Gasteiger partial charge in [0.15, 0.2) is 0 Å². The fraction of sp³-hybridized carbons (Fsp3) is 0.400. The molecular formula is C20H20ClFN2S. The van der Waals surface area contributed by atoms with E-state index in [0.29, 0.717) is 22.5 Å². The third kappa shape index (κ3) is 2.49. The van der Waals surface area contributed by atoms with Gasteiger partial charge in [-0.25, -0.2) is 4.39 Å². The summed E-state index contributed by atoms with van der Waals surface area (Å²) in [5.41, 5.74) is 4.22. The lowest BCUT2D eigenvalue weighted by atomic mass is 9.88. The molecule has 25 heavy (non-hydrogen) atoms. The molecule has 0 unspecified atom stereocenters. The highest BCUT2D eigenvalue weighted by Crippen LogP contribution is 2.51. The molecule has 0 bridgehead atoms. The van der Waals surface area contributed by atoms with Crippen molar-refractivity contribution in [3.63, 3.8) is 0 Å². The minimum absolute atomic E-state index is 0.244. The van der Waals surface area contributed by atoms with Crippen LogP contribution in [0.2, 0.25) is 5.02 Å². The van der Waals surface area contributed by atoms with Gasteiger partial charge in [0.25, 0.3) is 0 Å². The van der Waals surface area contributed by atoms with Crippen LogP contribution < -0.4 is 10.2 Å². The van der Waals surface area contributed by atoms with Crippen LogP contribution in [0.5, 0.6) is 0 Å². The Morgan fingerprint density at radius 2 is 2.20 bits per heavy atom. The van der Waals surface area contributed by atoms with E-state index in [0.717, 1.165) is 31.0 Å². The number of nitrogens with one attached hydrogen (secondary N) is 1. The SMILES string of the molecule is Fc1cccc(Cl)c1-c1cc2c3c(c1)[C@@H]1CNCC[C@@H]1N3CCCS2. The van der Waals surface area contributed by atoms with Crippen LogP contribution in [0.4, 0.5) is 10.1 Å². The molecule has 3 aliphatic heterocycles. The van der Waals surface area contributed by atoms with Crippen molar-refractivity contribution in [2.75, 3.05) is 30.3 Å². The largest absolute Gasteiger partial charge is 0.367 e. The number of anilines is 1. The minimum Gasteiger partial charge on any atom is -0.367 e. The van der Waals surface area contributed by atoms with Gasteiger partial charge in [0, 0.05) is 35.5 Å². The molecule has 3 aliphatic rings. The Morgan fingerprint density at radius 1 is 1.28 bits per heavy atom.